The second kappa shape index (κ2) is 12.9. The van der Waals surface area contributed by atoms with Crippen molar-refractivity contribution in [3.8, 4) is 0 Å². The minimum atomic E-state index is -0.175. The minimum Gasteiger partial charge on any atom is -0.371 e. The van der Waals surface area contributed by atoms with Gasteiger partial charge in [-0.2, -0.15) is 4.98 Å². The molecule has 2 aromatic rings. The van der Waals surface area contributed by atoms with Crippen LogP contribution in [0.1, 0.15) is 38.6 Å². The van der Waals surface area contributed by atoms with Gasteiger partial charge in [0.05, 0.1) is 6.54 Å². The zero-order valence-corrected chi connectivity index (χ0v) is 19.3. The zero-order valence-electron chi connectivity index (χ0n) is 16.1. The number of nitrogens with one attached hydrogen (secondary N) is 2. The fourth-order valence-corrected chi connectivity index (χ4v) is 3.17. The van der Waals surface area contributed by atoms with Gasteiger partial charge in [-0.1, -0.05) is 30.3 Å². The van der Waals surface area contributed by atoms with Gasteiger partial charge in [-0.05, 0) is 26.0 Å². The van der Waals surface area contributed by atoms with Crippen LogP contribution in [0.2, 0.25) is 0 Å². The standard InChI is InChI=1S/C18H27N5O2S.HI/c1-5-24-14(3)17-22-16(25-23-17)12-21-18(19-4)20-11-13(2)26-15-9-7-6-8-10-15;/h6-10,13-14H,5,11-12H2,1-4H3,(H2,19,20,21);1H. The topological polar surface area (TPSA) is 84.6 Å². The molecule has 0 aliphatic heterocycles. The highest BCUT2D eigenvalue weighted by Crippen LogP contribution is 2.21. The Hall–Kier alpha value is -1.33. The molecule has 0 fully saturated rings. The molecule has 1 aromatic heterocycles. The highest BCUT2D eigenvalue weighted by Gasteiger charge is 2.14. The van der Waals surface area contributed by atoms with E-state index >= 15 is 0 Å². The molecule has 0 radical (unpaired) electrons. The average molecular weight is 505 g/mol. The summed E-state index contributed by atoms with van der Waals surface area (Å²) in [5.74, 6) is 1.75. The minimum absolute atomic E-state index is 0. The molecule has 0 spiro atoms. The Kier molecular flexibility index (Phi) is 11.4. The van der Waals surface area contributed by atoms with Gasteiger partial charge < -0.3 is 19.9 Å². The predicted octanol–water partition coefficient (Wildman–Crippen LogP) is 3.63. The number of aromatic nitrogens is 2. The van der Waals surface area contributed by atoms with E-state index in [1.807, 2.05) is 43.8 Å². The molecule has 1 aromatic carbocycles. The van der Waals surface area contributed by atoms with Crippen LogP contribution in [-0.4, -0.2) is 41.5 Å². The van der Waals surface area contributed by atoms with Gasteiger partial charge in [0.1, 0.15) is 6.10 Å². The van der Waals surface area contributed by atoms with Crippen LogP contribution in [0.5, 0.6) is 0 Å². The third-order valence-electron chi connectivity index (χ3n) is 3.53. The summed E-state index contributed by atoms with van der Waals surface area (Å²) < 4.78 is 10.7. The number of halogens is 1. The number of rotatable bonds is 9. The second-order valence-corrected chi connectivity index (χ2v) is 7.20. The summed E-state index contributed by atoms with van der Waals surface area (Å²) in [6.45, 7) is 7.82. The molecule has 0 amide bonds. The Morgan fingerprint density at radius 3 is 2.67 bits per heavy atom. The van der Waals surface area contributed by atoms with Gasteiger partial charge in [0, 0.05) is 30.3 Å². The maximum Gasteiger partial charge on any atom is 0.246 e. The summed E-state index contributed by atoms with van der Waals surface area (Å²) in [5, 5.41) is 10.8. The maximum absolute atomic E-state index is 5.46. The van der Waals surface area contributed by atoms with Crippen molar-refractivity contribution in [2.45, 2.75) is 43.6 Å². The van der Waals surface area contributed by atoms with Crippen molar-refractivity contribution >= 4 is 41.7 Å². The Balaban J connectivity index is 0.00000364. The molecule has 0 aliphatic rings. The molecule has 9 heteroatoms. The number of ether oxygens (including phenoxy) is 1. The molecule has 2 atom stereocenters. The van der Waals surface area contributed by atoms with E-state index in [2.05, 4.69) is 44.8 Å². The summed E-state index contributed by atoms with van der Waals surface area (Å²) in [6, 6.07) is 10.4. The lowest BCUT2D eigenvalue weighted by molar-refractivity contribution is 0.0683. The second-order valence-electron chi connectivity index (χ2n) is 5.69. The number of thioether (sulfide) groups is 1. The molecule has 150 valence electrons. The number of guanidine groups is 1. The van der Waals surface area contributed by atoms with Crippen LogP contribution in [0.4, 0.5) is 0 Å². The largest absolute Gasteiger partial charge is 0.371 e. The SMILES string of the molecule is CCOC(C)c1noc(CNC(=NC)NCC(C)Sc2ccccc2)n1.I. The van der Waals surface area contributed by atoms with Crippen molar-refractivity contribution < 1.29 is 9.26 Å². The lowest BCUT2D eigenvalue weighted by Crippen LogP contribution is -2.39. The van der Waals surface area contributed by atoms with Gasteiger partial charge in [0.15, 0.2) is 11.8 Å². The Morgan fingerprint density at radius 2 is 2.00 bits per heavy atom. The highest BCUT2D eigenvalue weighted by atomic mass is 127. The van der Waals surface area contributed by atoms with Gasteiger partial charge in [-0.15, -0.1) is 35.7 Å². The summed E-state index contributed by atoms with van der Waals surface area (Å²) >= 11 is 1.82. The van der Waals surface area contributed by atoms with Crippen LogP contribution < -0.4 is 10.6 Å². The average Bonchev–Trinajstić information content (AvgIpc) is 3.12. The van der Waals surface area contributed by atoms with E-state index in [-0.39, 0.29) is 30.1 Å². The third kappa shape index (κ3) is 8.48. The van der Waals surface area contributed by atoms with Crippen LogP contribution in [0, 0.1) is 0 Å². The van der Waals surface area contributed by atoms with Crippen LogP contribution in [0.15, 0.2) is 44.7 Å². The third-order valence-corrected chi connectivity index (χ3v) is 4.65. The van der Waals surface area contributed by atoms with E-state index in [0.29, 0.717) is 36.1 Å². The van der Waals surface area contributed by atoms with Crippen molar-refractivity contribution in [3.63, 3.8) is 0 Å². The number of nitrogens with zero attached hydrogens (tertiary/aromatic N) is 3. The molecular weight excluding hydrogens is 477 g/mol. The van der Waals surface area contributed by atoms with Crippen molar-refractivity contribution in [1.82, 2.24) is 20.8 Å². The fourth-order valence-electron chi connectivity index (χ4n) is 2.22. The van der Waals surface area contributed by atoms with Crippen molar-refractivity contribution in [1.29, 1.82) is 0 Å². The summed E-state index contributed by atoms with van der Waals surface area (Å²) in [7, 11) is 1.74. The lowest BCUT2D eigenvalue weighted by atomic mass is 10.4. The molecule has 2 rings (SSSR count). The van der Waals surface area contributed by atoms with Crippen LogP contribution in [0.25, 0.3) is 0 Å². The summed E-state index contributed by atoms with van der Waals surface area (Å²) in [4.78, 5) is 9.81. The van der Waals surface area contributed by atoms with Crippen LogP contribution in [-0.2, 0) is 11.3 Å². The van der Waals surface area contributed by atoms with Crippen molar-refractivity contribution in [2.24, 2.45) is 4.99 Å². The van der Waals surface area contributed by atoms with Gasteiger partial charge in [0.2, 0.25) is 5.89 Å². The first-order chi connectivity index (χ1) is 12.6. The molecule has 7 nitrogen and oxygen atoms in total. The van der Waals surface area contributed by atoms with E-state index in [1.54, 1.807) is 7.05 Å². The van der Waals surface area contributed by atoms with Gasteiger partial charge in [0.25, 0.3) is 0 Å². The molecule has 2 N–H and O–H groups in total. The molecule has 0 bridgehead atoms. The number of hydrogen-bond donors (Lipinski definition) is 2. The first-order valence-electron chi connectivity index (χ1n) is 8.72. The van der Waals surface area contributed by atoms with Crippen LogP contribution in [0.3, 0.4) is 0 Å². The van der Waals surface area contributed by atoms with E-state index in [4.69, 9.17) is 9.26 Å². The highest BCUT2D eigenvalue weighted by molar-refractivity contribution is 14.0. The normalized spacial score (nSPS) is 13.6. The van der Waals surface area contributed by atoms with Gasteiger partial charge >= 0.3 is 0 Å². The quantitative estimate of drug-likeness (QED) is 0.233. The monoisotopic (exact) mass is 505 g/mol. The summed E-state index contributed by atoms with van der Waals surface area (Å²) in [5.41, 5.74) is 0. The summed E-state index contributed by atoms with van der Waals surface area (Å²) in [6.07, 6.45) is -0.175. The van der Waals surface area contributed by atoms with Crippen molar-refractivity contribution in [2.75, 3.05) is 20.2 Å². The molecule has 0 saturated carbocycles. The smallest absolute Gasteiger partial charge is 0.246 e. The lowest BCUT2D eigenvalue weighted by Gasteiger charge is -2.15. The van der Waals surface area contributed by atoms with E-state index in [0.717, 1.165) is 6.54 Å². The predicted molar refractivity (Wildman–Crippen MR) is 120 cm³/mol. The van der Waals surface area contributed by atoms with E-state index in [1.165, 1.54) is 4.90 Å². The molecule has 0 saturated heterocycles. The van der Waals surface area contributed by atoms with Gasteiger partial charge in [-0.3, -0.25) is 4.99 Å². The van der Waals surface area contributed by atoms with Gasteiger partial charge in [-0.25, -0.2) is 0 Å². The fraction of sp³-hybridized carbons (Fsp3) is 0.500. The molecule has 27 heavy (non-hydrogen) atoms. The first kappa shape index (κ1) is 23.7. The van der Waals surface area contributed by atoms with Crippen LogP contribution >= 0.6 is 35.7 Å². The number of benzene rings is 1. The Bertz CT molecular complexity index is 683. The molecular formula is C18H28IN5O2S. The molecule has 2 unspecified atom stereocenters. The molecule has 1 heterocycles. The van der Waals surface area contributed by atoms with E-state index in [9.17, 15) is 0 Å². The zero-order chi connectivity index (χ0) is 18.8. The first-order valence-corrected chi connectivity index (χ1v) is 9.60. The Labute approximate surface area is 182 Å². The van der Waals surface area contributed by atoms with Crippen molar-refractivity contribution in [3.05, 3.63) is 42.0 Å². The molecule has 0 aliphatic carbocycles. The Morgan fingerprint density at radius 1 is 1.26 bits per heavy atom. The van der Waals surface area contributed by atoms with E-state index < -0.39 is 0 Å². The maximum atomic E-state index is 5.46. The number of hydrogen-bond acceptors (Lipinski definition) is 6. The number of aliphatic imine (C=N–C) groups is 1.